The molecule has 0 bridgehead atoms. The minimum Gasteiger partial charge on any atom is -0.361 e. The van der Waals surface area contributed by atoms with Crippen molar-refractivity contribution in [1.82, 2.24) is 15.1 Å². The normalized spacial score (nSPS) is 18.0. The molecule has 0 aliphatic heterocycles. The molecule has 1 unspecified atom stereocenters. The number of hydrogen-bond donors (Lipinski definition) is 1. The molecule has 0 spiro atoms. The highest BCUT2D eigenvalue weighted by Crippen LogP contribution is 2.44. The van der Waals surface area contributed by atoms with Gasteiger partial charge in [0.2, 0.25) is 0 Å². The van der Waals surface area contributed by atoms with Gasteiger partial charge in [-0.2, -0.15) is 0 Å². The number of H-pyrrole nitrogens is 1. The van der Waals surface area contributed by atoms with Gasteiger partial charge in [0.25, 0.3) is 0 Å². The molecule has 1 N–H and O–H groups in total. The third-order valence-electron chi connectivity index (χ3n) is 6.57. The zero-order valence-electron chi connectivity index (χ0n) is 17.9. The lowest BCUT2D eigenvalue weighted by atomic mass is 9.81. The maximum atomic E-state index is 5.52. The number of aromatic nitrogens is 3. The van der Waals surface area contributed by atoms with Gasteiger partial charge in [-0.1, -0.05) is 65.8 Å². The Morgan fingerprint density at radius 2 is 1.68 bits per heavy atom. The summed E-state index contributed by atoms with van der Waals surface area (Å²) in [4.78, 5) is 8.79. The van der Waals surface area contributed by atoms with Gasteiger partial charge in [-0.25, -0.2) is 4.98 Å². The van der Waals surface area contributed by atoms with E-state index in [1.54, 1.807) is 0 Å². The smallest absolute Gasteiger partial charge is 0.137 e. The first-order valence-electron chi connectivity index (χ1n) is 11.1. The van der Waals surface area contributed by atoms with Crippen LogP contribution in [0.25, 0.3) is 16.7 Å². The van der Waals surface area contributed by atoms with Crippen molar-refractivity contribution in [3.05, 3.63) is 100 Å². The second kappa shape index (κ2) is 7.09. The maximum Gasteiger partial charge on any atom is 0.137 e. The van der Waals surface area contributed by atoms with Gasteiger partial charge in [0.05, 0.1) is 11.4 Å². The quantitative estimate of drug-likeness (QED) is 0.430. The topological polar surface area (TPSA) is 54.7 Å². The highest BCUT2D eigenvalue weighted by Gasteiger charge is 2.33. The van der Waals surface area contributed by atoms with E-state index in [4.69, 9.17) is 9.51 Å². The van der Waals surface area contributed by atoms with Gasteiger partial charge in [-0.3, -0.25) is 0 Å². The average molecular weight is 408 g/mol. The lowest BCUT2D eigenvalue weighted by molar-refractivity contribution is 0.392. The maximum absolute atomic E-state index is 5.52. The van der Waals surface area contributed by atoms with E-state index in [2.05, 4.69) is 70.8 Å². The molecule has 1 atom stereocenters. The minimum absolute atomic E-state index is 0.213. The van der Waals surface area contributed by atoms with Crippen LogP contribution in [0.3, 0.4) is 0 Å². The van der Waals surface area contributed by atoms with Crippen LogP contribution < -0.4 is 0 Å². The number of benzene rings is 2. The van der Waals surface area contributed by atoms with Crippen LogP contribution in [0, 0.1) is 13.8 Å². The summed E-state index contributed by atoms with van der Waals surface area (Å²) in [7, 11) is 0. The van der Waals surface area contributed by atoms with Crippen LogP contribution >= 0.6 is 0 Å². The van der Waals surface area contributed by atoms with Crippen LogP contribution in [-0.2, 0) is 6.42 Å². The Morgan fingerprint density at radius 1 is 0.935 bits per heavy atom. The fourth-order valence-electron chi connectivity index (χ4n) is 4.92. The van der Waals surface area contributed by atoms with Crippen LogP contribution in [0.2, 0.25) is 0 Å². The van der Waals surface area contributed by atoms with Crippen molar-refractivity contribution in [2.24, 2.45) is 0 Å². The highest BCUT2D eigenvalue weighted by molar-refractivity contribution is 5.89. The fourth-order valence-corrected chi connectivity index (χ4v) is 4.92. The van der Waals surface area contributed by atoms with E-state index in [-0.39, 0.29) is 5.92 Å². The number of rotatable bonds is 4. The molecule has 2 aromatic heterocycles. The molecule has 1 saturated carbocycles. The molecule has 2 aliphatic carbocycles. The molecule has 31 heavy (non-hydrogen) atoms. The number of nitrogens with one attached hydrogen (secondary N) is 1. The summed E-state index contributed by atoms with van der Waals surface area (Å²) in [6.07, 6.45) is 5.75. The van der Waals surface area contributed by atoms with Crippen molar-refractivity contribution in [2.45, 2.75) is 44.9 Å². The number of hydrogen-bond acceptors (Lipinski definition) is 3. The Hall–Kier alpha value is -3.40. The second-order valence-corrected chi connectivity index (χ2v) is 8.76. The van der Waals surface area contributed by atoms with E-state index in [1.807, 2.05) is 13.8 Å². The Bertz CT molecular complexity index is 1270. The lowest BCUT2D eigenvalue weighted by Crippen LogP contribution is -2.11. The molecule has 0 amide bonds. The number of nitrogens with zero attached hydrogens (tertiary/aromatic N) is 2. The summed E-state index contributed by atoms with van der Waals surface area (Å²) in [6.45, 7) is 4.05. The molecule has 2 heterocycles. The third-order valence-corrected chi connectivity index (χ3v) is 6.57. The molecular weight excluding hydrogens is 382 g/mol. The molecule has 2 aromatic carbocycles. The zero-order valence-corrected chi connectivity index (χ0v) is 17.9. The third kappa shape index (κ3) is 3.14. The van der Waals surface area contributed by atoms with Crippen LogP contribution in [0.5, 0.6) is 0 Å². The number of aromatic amines is 1. The molecule has 2 aliphatic rings. The molecule has 1 fully saturated rings. The first kappa shape index (κ1) is 18.4. The highest BCUT2D eigenvalue weighted by atomic mass is 16.5. The van der Waals surface area contributed by atoms with E-state index in [0.717, 1.165) is 29.4 Å². The number of imidazole rings is 1. The first-order chi connectivity index (χ1) is 15.2. The first-order valence-corrected chi connectivity index (χ1v) is 11.1. The van der Waals surface area contributed by atoms with Gasteiger partial charge in [-0.05, 0) is 43.4 Å². The van der Waals surface area contributed by atoms with Crippen molar-refractivity contribution in [2.75, 3.05) is 0 Å². The predicted octanol–water partition coefficient (Wildman–Crippen LogP) is 6.33. The standard InChI is InChI=1S/C27H25N3O/c1-16-25(17(2)31-30-16)20-14-23(26-24(15-20)28-27(29-26)19-12-13-19)22-11-7-6-10-21(22)18-8-4-3-5-9-18/h3-11,14,19-20H,12-13,15H2,1-2H3,(H,28,29). The molecular formula is C27H25N3O. The van der Waals surface area contributed by atoms with Crippen LogP contribution in [0.4, 0.5) is 0 Å². The number of allylic oxidation sites excluding steroid dienone is 1. The van der Waals surface area contributed by atoms with Crippen molar-refractivity contribution in [3.8, 4) is 11.1 Å². The van der Waals surface area contributed by atoms with E-state index in [9.17, 15) is 0 Å². The Kier molecular flexibility index (Phi) is 4.20. The molecule has 4 heteroatoms. The summed E-state index contributed by atoms with van der Waals surface area (Å²) in [6, 6.07) is 19.3. The monoisotopic (exact) mass is 407 g/mol. The van der Waals surface area contributed by atoms with Crippen molar-refractivity contribution >= 4 is 5.57 Å². The summed E-state index contributed by atoms with van der Waals surface area (Å²) < 4.78 is 5.52. The van der Waals surface area contributed by atoms with Crippen LogP contribution in [0.1, 0.15) is 64.5 Å². The number of aryl methyl sites for hydroxylation is 2. The van der Waals surface area contributed by atoms with Gasteiger partial charge in [0, 0.05) is 35.1 Å². The summed E-state index contributed by atoms with van der Waals surface area (Å²) in [5, 5.41) is 4.22. The Balaban J connectivity index is 1.55. The molecule has 4 nitrogen and oxygen atoms in total. The zero-order chi connectivity index (χ0) is 20.9. The van der Waals surface area contributed by atoms with Gasteiger partial charge >= 0.3 is 0 Å². The van der Waals surface area contributed by atoms with Crippen LogP contribution in [0.15, 0.2) is 65.2 Å². The van der Waals surface area contributed by atoms with Gasteiger partial charge < -0.3 is 9.51 Å². The molecule has 0 saturated heterocycles. The van der Waals surface area contributed by atoms with E-state index < -0.39 is 0 Å². The van der Waals surface area contributed by atoms with Crippen molar-refractivity contribution < 1.29 is 4.52 Å². The summed E-state index contributed by atoms with van der Waals surface area (Å²) in [5.41, 5.74) is 9.38. The Labute approximate surface area is 182 Å². The van der Waals surface area contributed by atoms with E-state index >= 15 is 0 Å². The molecule has 154 valence electrons. The lowest BCUT2D eigenvalue weighted by Gasteiger charge is -2.22. The van der Waals surface area contributed by atoms with Gasteiger partial charge in [0.15, 0.2) is 0 Å². The largest absolute Gasteiger partial charge is 0.361 e. The van der Waals surface area contributed by atoms with Crippen molar-refractivity contribution in [3.63, 3.8) is 0 Å². The molecule has 0 radical (unpaired) electrons. The summed E-state index contributed by atoms with van der Waals surface area (Å²) in [5.74, 6) is 2.85. The van der Waals surface area contributed by atoms with Crippen molar-refractivity contribution in [1.29, 1.82) is 0 Å². The predicted molar refractivity (Wildman–Crippen MR) is 122 cm³/mol. The average Bonchev–Trinajstić information content (AvgIpc) is 3.48. The molecule has 6 rings (SSSR count). The minimum atomic E-state index is 0.213. The van der Waals surface area contributed by atoms with E-state index in [1.165, 1.54) is 46.4 Å². The molecule has 4 aromatic rings. The Morgan fingerprint density at radius 3 is 2.39 bits per heavy atom. The number of fused-ring (bicyclic) bond motifs is 1. The SMILES string of the molecule is Cc1noc(C)c1C1C=C(c2ccccc2-c2ccccc2)c2nc(C3CC3)[nH]c2C1. The van der Waals surface area contributed by atoms with Crippen LogP contribution in [-0.4, -0.2) is 15.1 Å². The summed E-state index contributed by atoms with van der Waals surface area (Å²) >= 11 is 0. The van der Waals surface area contributed by atoms with Gasteiger partial charge in [0.1, 0.15) is 11.6 Å². The van der Waals surface area contributed by atoms with E-state index in [0.29, 0.717) is 5.92 Å². The van der Waals surface area contributed by atoms with Gasteiger partial charge in [-0.15, -0.1) is 0 Å². The fraction of sp³-hybridized carbons (Fsp3) is 0.259. The second-order valence-electron chi connectivity index (χ2n) is 8.76.